The van der Waals surface area contributed by atoms with Crippen LogP contribution in [0.15, 0.2) is 96.1 Å². The molecule has 0 aliphatic heterocycles. The smallest absolute Gasteiger partial charge is 0.0667 e. The Morgan fingerprint density at radius 1 is 0.742 bits per heavy atom. The summed E-state index contributed by atoms with van der Waals surface area (Å²) < 4.78 is 0. The van der Waals surface area contributed by atoms with Crippen molar-refractivity contribution in [2.45, 2.75) is 52.9 Å². The highest BCUT2D eigenvalue weighted by atomic mass is 14.4. The number of allylic oxidation sites excluding steroid dienone is 4. The van der Waals surface area contributed by atoms with E-state index in [9.17, 15) is 0 Å². The zero-order chi connectivity index (χ0) is 22.0. The van der Waals surface area contributed by atoms with Crippen LogP contribution in [0.3, 0.4) is 0 Å². The first kappa shape index (κ1) is 21.4. The summed E-state index contributed by atoms with van der Waals surface area (Å²) in [7, 11) is 0. The van der Waals surface area contributed by atoms with Gasteiger partial charge < -0.3 is 0 Å². The van der Waals surface area contributed by atoms with E-state index in [0.29, 0.717) is 5.92 Å². The first-order valence-corrected chi connectivity index (χ1v) is 11.6. The molecule has 3 aromatic rings. The van der Waals surface area contributed by atoms with E-state index in [4.69, 9.17) is 0 Å². The van der Waals surface area contributed by atoms with Crippen LogP contribution in [0.2, 0.25) is 0 Å². The average molecular weight is 407 g/mol. The molecule has 158 valence electrons. The van der Waals surface area contributed by atoms with Gasteiger partial charge in [-0.15, -0.1) is 0 Å². The van der Waals surface area contributed by atoms with E-state index in [1.165, 1.54) is 50.9 Å². The van der Waals surface area contributed by atoms with Crippen LogP contribution in [0.4, 0.5) is 0 Å². The maximum absolute atomic E-state index is 2.50. The van der Waals surface area contributed by atoms with E-state index in [1.54, 1.807) is 0 Å². The number of benzene rings is 3. The summed E-state index contributed by atoms with van der Waals surface area (Å²) in [4.78, 5) is 0. The second kappa shape index (κ2) is 8.71. The van der Waals surface area contributed by atoms with E-state index in [2.05, 4.69) is 120 Å². The molecule has 0 heteroatoms. The van der Waals surface area contributed by atoms with Crippen molar-refractivity contribution in [3.05, 3.63) is 129 Å². The Hall–Kier alpha value is -2.86. The van der Waals surface area contributed by atoms with Gasteiger partial charge in [-0.25, -0.2) is 0 Å². The highest BCUT2D eigenvalue weighted by Crippen LogP contribution is 2.49. The molecule has 0 nitrogen and oxygen atoms in total. The molecule has 1 aliphatic carbocycles. The molecule has 0 aromatic heterocycles. The van der Waals surface area contributed by atoms with Gasteiger partial charge in [0.05, 0.1) is 5.41 Å². The fourth-order valence-electron chi connectivity index (χ4n) is 5.08. The molecule has 0 saturated carbocycles. The van der Waals surface area contributed by atoms with Gasteiger partial charge in [0, 0.05) is 0 Å². The molecule has 3 aromatic carbocycles. The van der Waals surface area contributed by atoms with E-state index < -0.39 is 0 Å². The average Bonchev–Trinajstić information content (AvgIpc) is 3.24. The molecule has 0 heterocycles. The Balaban J connectivity index is 2.08. The van der Waals surface area contributed by atoms with Crippen molar-refractivity contribution in [1.29, 1.82) is 0 Å². The predicted octanol–water partition coefficient (Wildman–Crippen LogP) is 8.25. The fourth-order valence-corrected chi connectivity index (χ4v) is 5.08. The molecule has 0 amide bonds. The van der Waals surface area contributed by atoms with Gasteiger partial charge >= 0.3 is 0 Å². The molecule has 0 radical (unpaired) electrons. The van der Waals surface area contributed by atoms with Crippen LogP contribution >= 0.6 is 0 Å². The van der Waals surface area contributed by atoms with Crippen LogP contribution in [0.5, 0.6) is 0 Å². The number of rotatable bonds is 6. The number of hydrogen-bond donors (Lipinski definition) is 0. The molecule has 4 rings (SSSR count). The van der Waals surface area contributed by atoms with Gasteiger partial charge in [-0.1, -0.05) is 115 Å². The molecule has 31 heavy (non-hydrogen) atoms. The van der Waals surface area contributed by atoms with Crippen LogP contribution in [0, 0.1) is 26.7 Å². The van der Waals surface area contributed by atoms with Gasteiger partial charge in [-0.2, -0.15) is 0 Å². The van der Waals surface area contributed by atoms with Gasteiger partial charge in [0.25, 0.3) is 0 Å². The SMILES string of the molecule is CCC(C)C1=CCC(C(c2cccc(C)c2)(c2cccc(C)c2)c2cccc(C)c2)=C1. The summed E-state index contributed by atoms with van der Waals surface area (Å²) in [5.41, 5.74) is 10.6. The zero-order valence-electron chi connectivity index (χ0n) is 19.6. The normalized spacial score (nSPS) is 14.9. The molecular weight excluding hydrogens is 372 g/mol. The van der Waals surface area contributed by atoms with Gasteiger partial charge in [0.1, 0.15) is 0 Å². The summed E-state index contributed by atoms with van der Waals surface area (Å²) in [5.74, 6) is 0.586. The number of hydrogen-bond acceptors (Lipinski definition) is 0. The third kappa shape index (κ3) is 3.92. The lowest BCUT2D eigenvalue weighted by Crippen LogP contribution is -2.32. The predicted molar refractivity (Wildman–Crippen MR) is 134 cm³/mol. The summed E-state index contributed by atoms with van der Waals surface area (Å²) in [6.45, 7) is 11.2. The third-order valence-corrected chi connectivity index (χ3v) is 6.91. The Bertz CT molecular complexity index is 1030. The number of aryl methyl sites for hydroxylation is 3. The second-order valence-corrected chi connectivity index (χ2v) is 9.25. The highest BCUT2D eigenvalue weighted by molar-refractivity contribution is 5.62. The van der Waals surface area contributed by atoms with Crippen LogP contribution in [0.1, 0.15) is 60.1 Å². The fraction of sp³-hybridized carbons (Fsp3) is 0.290. The van der Waals surface area contributed by atoms with Crippen LogP contribution in [-0.2, 0) is 5.41 Å². The maximum atomic E-state index is 2.50. The Labute approximate surface area is 188 Å². The molecule has 0 N–H and O–H groups in total. The Morgan fingerprint density at radius 3 is 1.58 bits per heavy atom. The van der Waals surface area contributed by atoms with Crippen molar-refractivity contribution < 1.29 is 0 Å². The van der Waals surface area contributed by atoms with Crippen molar-refractivity contribution in [2.24, 2.45) is 5.92 Å². The summed E-state index contributed by atoms with van der Waals surface area (Å²) in [6, 6.07) is 27.3. The van der Waals surface area contributed by atoms with E-state index in [0.717, 1.165) is 6.42 Å². The van der Waals surface area contributed by atoms with E-state index in [-0.39, 0.29) is 5.41 Å². The Morgan fingerprint density at radius 2 is 1.19 bits per heavy atom. The molecular formula is C31H34. The minimum absolute atomic E-state index is 0.296. The van der Waals surface area contributed by atoms with Crippen molar-refractivity contribution in [1.82, 2.24) is 0 Å². The van der Waals surface area contributed by atoms with Crippen LogP contribution in [0.25, 0.3) is 0 Å². The van der Waals surface area contributed by atoms with Crippen LogP contribution < -0.4 is 0 Å². The highest BCUT2D eigenvalue weighted by Gasteiger charge is 2.41. The molecule has 0 spiro atoms. The molecule has 0 saturated heterocycles. The maximum Gasteiger partial charge on any atom is 0.0667 e. The van der Waals surface area contributed by atoms with Crippen molar-refractivity contribution in [3.8, 4) is 0 Å². The lowest BCUT2D eigenvalue weighted by Gasteiger charge is -2.38. The van der Waals surface area contributed by atoms with E-state index in [1.807, 2.05) is 0 Å². The summed E-state index contributed by atoms with van der Waals surface area (Å²) in [6.07, 6.45) is 7.12. The lowest BCUT2D eigenvalue weighted by atomic mass is 9.63. The second-order valence-electron chi connectivity index (χ2n) is 9.25. The van der Waals surface area contributed by atoms with Gasteiger partial charge in [0.15, 0.2) is 0 Å². The molecule has 0 bridgehead atoms. The summed E-state index contributed by atoms with van der Waals surface area (Å²) >= 11 is 0. The molecule has 1 atom stereocenters. The largest absolute Gasteiger partial charge is 0.0769 e. The van der Waals surface area contributed by atoms with Gasteiger partial charge in [0.2, 0.25) is 0 Å². The van der Waals surface area contributed by atoms with Crippen molar-refractivity contribution >= 4 is 0 Å². The monoisotopic (exact) mass is 406 g/mol. The van der Waals surface area contributed by atoms with Crippen molar-refractivity contribution in [3.63, 3.8) is 0 Å². The first-order valence-electron chi connectivity index (χ1n) is 11.6. The van der Waals surface area contributed by atoms with Crippen LogP contribution in [-0.4, -0.2) is 0 Å². The standard InChI is InChI=1S/C31H34/c1-6-25(5)26-16-17-30(21-26)31(27-13-7-10-22(2)18-27,28-14-8-11-23(3)19-28)29-15-9-12-24(4)20-29/h7-16,18-21,25H,6,17H2,1-5H3. The third-order valence-electron chi connectivity index (χ3n) is 6.91. The minimum atomic E-state index is -0.296. The molecule has 1 unspecified atom stereocenters. The quantitative estimate of drug-likeness (QED) is 0.361. The summed E-state index contributed by atoms with van der Waals surface area (Å²) in [5, 5.41) is 0. The zero-order valence-corrected chi connectivity index (χ0v) is 19.6. The molecule has 0 fully saturated rings. The van der Waals surface area contributed by atoms with Crippen molar-refractivity contribution in [2.75, 3.05) is 0 Å². The van der Waals surface area contributed by atoms with E-state index >= 15 is 0 Å². The lowest BCUT2D eigenvalue weighted by molar-refractivity contribution is 0.669. The topological polar surface area (TPSA) is 0 Å². The van der Waals surface area contributed by atoms with Gasteiger partial charge in [-0.05, 0) is 67.4 Å². The van der Waals surface area contributed by atoms with Gasteiger partial charge in [-0.3, -0.25) is 0 Å². The Kier molecular flexibility index (Phi) is 6.01. The molecule has 1 aliphatic rings. The first-order chi connectivity index (χ1) is 14.9. The minimum Gasteiger partial charge on any atom is -0.0769 e.